The molecule has 4 nitrogen and oxygen atoms in total. The van der Waals surface area contributed by atoms with Gasteiger partial charge in [0.05, 0.1) is 5.69 Å². The molecule has 0 unspecified atom stereocenters. The van der Waals surface area contributed by atoms with Crippen molar-refractivity contribution in [3.05, 3.63) is 16.4 Å². The van der Waals surface area contributed by atoms with E-state index >= 15 is 0 Å². The molecule has 0 aliphatic heterocycles. The topological polar surface area (TPSA) is 41.3 Å². The molecule has 0 amide bonds. The van der Waals surface area contributed by atoms with Gasteiger partial charge in [0.1, 0.15) is 5.15 Å². The van der Waals surface area contributed by atoms with Crippen molar-refractivity contribution in [1.82, 2.24) is 14.7 Å². The zero-order valence-corrected chi connectivity index (χ0v) is 11.9. The van der Waals surface area contributed by atoms with Gasteiger partial charge in [-0.05, 0) is 39.2 Å². The number of halogens is 1. The lowest BCUT2D eigenvalue weighted by atomic mass is 10.2. The summed E-state index contributed by atoms with van der Waals surface area (Å²) < 4.78 is 1.74. The van der Waals surface area contributed by atoms with E-state index in [1.165, 1.54) is 12.8 Å². The molecule has 1 heterocycles. The first-order valence-corrected chi connectivity index (χ1v) is 7.04. The highest BCUT2D eigenvalue weighted by Crippen LogP contribution is 2.30. The van der Waals surface area contributed by atoms with E-state index in [4.69, 9.17) is 16.7 Å². The molecule has 0 saturated heterocycles. The van der Waals surface area contributed by atoms with Gasteiger partial charge >= 0.3 is 0 Å². The molecule has 5 heteroatoms. The predicted octanol–water partition coefficient (Wildman–Crippen LogP) is 2.12. The SMILES string of the molecule is Cc1nn(C)c(Cl)c1CN(CCCCO)C1CC1. The third-order valence-electron chi connectivity index (χ3n) is 3.55. The van der Waals surface area contributed by atoms with E-state index in [0.717, 1.165) is 42.3 Å². The summed E-state index contributed by atoms with van der Waals surface area (Å²) in [6.07, 6.45) is 4.50. The van der Waals surface area contributed by atoms with Crippen molar-refractivity contribution in [2.45, 2.75) is 45.2 Å². The van der Waals surface area contributed by atoms with E-state index in [9.17, 15) is 0 Å². The summed E-state index contributed by atoms with van der Waals surface area (Å²) in [5, 5.41) is 14.0. The van der Waals surface area contributed by atoms with E-state index in [2.05, 4.69) is 10.00 Å². The summed E-state index contributed by atoms with van der Waals surface area (Å²) in [6.45, 7) is 4.22. The maximum atomic E-state index is 8.86. The Bertz CT molecular complexity index is 401. The first-order valence-electron chi connectivity index (χ1n) is 6.66. The molecular weight excluding hydrogens is 250 g/mol. The number of aliphatic hydroxyl groups excluding tert-OH is 1. The van der Waals surface area contributed by atoms with Crippen molar-refractivity contribution in [3.63, 3.8) is 0 Å². The molecule has 1 aromatic heterocycles. The summed E-state index contributed by atoms with van der Waals surface area (Å²) in [7, 11) is 1.88. The zero-order chi connectivity index (χ0) is 13.1. The van der Waals surface area contributed by atoms with Crippen LogP contribution in [0.1, 0.15) is 36.9 Å². The van der Waals surface area contributed by atoms with Gasteiger partial charge in [-0.15, -0.1) is 0 Å². The Morgan fingerprint density at radius 3 is 2.67 bits per heavy atom. The molecule has 102 valence electrons. The van der Waals surface area contributed by atoms with Crippen molar-refractivity contribution in [2.24, 2.45) is 7.05 Å². The number of aryl methyl sites for hydroxylation is 2. The third-order valence-corrected chi connectivity index (χ3v) is 4.02. The van der Waals surface area contributed by atoms with Crippen molar-refractivity contribution >= 4 is 11.6 Å². The van der Waals surface area contributed by atoms with E-state index in [0.29, 0.717) is 6.04 Å². The molecule has 1 aliphatic rings. The van der Waals surface area contributed by atoms with Crippen LogP contribution in [0.5, 0.6) is 0 Å². The van der Waals surface area contributed by atoms with Crippen LogP contribution in [0.2, 0.25) is 5.15 Å². The first-order chi connectivity index (χ1) is 8.63. The van der Waals surface area contributed by atoms with Gasteiger partial charge < -0.3 is 5.11 Å². The van der Waals surface area contributed by atoms with Crippen LogP contribution >= 0.6 is 11.6 Å². The van der Waals surface area contributed by atoms with Gasteiger partial charge in [-0.25, -0.2) is 0 Å². The summed E-state index contributed by atoms with van der Waals surface area (Å²) in [6, 6.07) is 0.708. The summed E-state index contributed by atoms with van der Waals surface area (Å²) in [4.78, 5) is 2.48. The van der Waals surface area contributed by atoms with Crippen LogP contribution in [0, 0.1) is 6.92 Å². The number of aliphatic hydroxyl groups is 1. The Morgan fingerprint density at radius 2 is 2.17 bits per heavy atom. The molecule has 1 aromatic rings. The number of unbranched alkanes of at least 4 members (excludes halogenated alkanes) is 1. The maximum Gasteiger partial charge on any atom is 0.131 e. The van der Waals surface area contributed by atoms with Gasteiger partial charge in [0, 0.05) is 31.8 Å². The van der Waals surface area contributed by atoms with Gasteiger partial charge in [-0.1, -0.05) is 11.6 Å². The van der Waals surface area contributed by atoms with Crippen LogP contribution in [-0.4, -0.2) is 39.0 Å². The fraction of sp³-hybridized carbons (Fsp3) is 0.769. The van der Waals surface area contributed by atoms with Gasteiger partial charge in [-0.3, -0.25) is 9.58 Å². The largest absolute Gasteiger partial charge is 0.396 e. The average Bonchev–Trinajstić information content (AvgIpc) is 3.13. The molecule has 0 aromatic carbocycles. The molecule has 0 spiro atoms. The minimum absolute atomic E-state index is 0.283. The molecule has 2 rings (SSSR count). The van der Waals surface area contributed by atoms with Crippen LogP contribution in [0.3, 0.4) is 0 Å². The first kappa shape index (κ1) is 13.8. The smallest absolute Gasteiger partial charge is 0.131 e. The highest BCUT2D eigenvalue weighted by atomic mass is 35.5. The fourth-order valence-corrected chi connectivity index (χ4v) is 2.55. The predicted molar refractivity (Wildman–Crippen MR) is 72.7 cm³/mol. The Hall–Kier alpha value is -0.580. The zero-order valence-electron chi connectivity index (χ0n) is 11.2. The number of hydrogen-bond acceptors (Lipinski definition) is 3. The lowest BCUT2D eigenvalue weighted by molar-refractivity contribution is 0.228. The minimum Gasteiger partial charge on any atom is -0.396 e. The van der Waals surface area contributed by atoms with E-state index in [1.807, 2.05) is 14.0 Å². The van der Waals surface area contributed by atoms with E-state index in [1.54, 1.807) is 4.68 Å². The van der Waals surface area contributed by atoms with Gasteiger partial charge in [0.25, 0.3) is 0 Å². The van der Waals surface area contributed by atoms with Crippen LogP contribution in [-0.2, 0) is 13.6 Å². The van der Waals surface area contributed by atoms with Crippen LogP contribution in [0.15, 0.2) is 0 Å². The van der Waals surface area contributed by atoms with Gasteiger partial charge in [0.15, 0.2) is 0 Å². The quantitative estimate of drug-likeness (QED) is 0.773. The minimum atomic E-state index is 0.283. The highest BCUT2D eigenvalue weighted by Gasteiger charge is 2.29. The van der Waals surface area contributed by atoms with Crippen molar-refractivity contribution in [1.29, 1.82) is 0 Å². The lowest BCUT2D eigenvalue weighted by Crippen LogP contribution is -2.27. The number of aromatic nitrogens is 2. The molecular formula is C13H22ClN3O. The molecule has 0 bridgehead atoms. The monoisotopic (exact) mass is 271 g/mol. The molecule has 1 N–H and O–H groups in total. The second kappa shape index (κ2) is 6.04. The molecule has 1 saturated carbocycles. The van der Waals surface area contributed by atoms with Gasteiger partial charge in [-0.2, -0.15) is 5.10 Å². The number of nitrogens with zero attached hydrogens (tertiary/aromatic N) is 3. The molecule has 1 fully saturated rings. The lowest BCUT2D eigenvalue weighted by Gasteiger charge is -2.21. The molecule has 18 heavy (non-hydrogen) atoms. The number of hydrogen-bond donors (Lipinski definition) is 1. The van der Waals surface area contributed by atoms with Crippen molar-refractivity contribution < 1.29 is 5.11 Å². The standard InChI is InChI=1S/C13H22ClN3O/c1-10-12(13(14)16(2)15-10)9-17(11-5-6-11)7-3-4-8-18/h11,18H,3-9H2,1-2H3. The van der Waals surface area contributed by atoms with Crippen LogP contribution < -0.4 is 0 Å². The third kappa shape index (κ3) is 3.25. The highest BCUT2D eigenvalue weighted by molar-refractivity contribution is 6.30. The number of rotatable bonds is 7. The summed E-state index contributed by atoms with van der Waals surface area (Å²) >= 11 is 6.28. The molecule has 1 aliphatic carbocycles. The van der Waals surface area contributed by atoms with E-state index < -0.39 is 0 Å². The average molecular weight is 272 g/mol. The van der Waals surface area contributed by atoms with Crippen LogP contribution in [0.25, 0.3) is 0 Å². The van der Waals surface area contributed by atoms with Gasteiger partial charge in [0.2, 0.25) is 0 Å². The molecule has 0 radical (unpaired) electrons. The Kier molecular flexibility index (Phi) is 4.65. The Labute approximate surface area is 114 Å². The normalized spacial score (nSPS) is 15.6. The maximum absolute atomic E-state index is 8.86. The Balaban J connectivity index is 1.99. The second-order valence-corrected chi connectivity index (χ2v) is 5.47. The molecule has 0 atom stereocenters. The second-order valence-electron chi connectivity index (χ2n) is 5.11. The summed E-state index contributed by atoms with van der Waals surface area (Å²) in [5.41, 5.74) is 2.17. The van der Waals surface area contributed by atoms with Crippen molar-refractivity contribution in [2.75, 3.05) is 13.2 Å². The van der Waals surface area contributed by atoms with E-state index in [-0.39, 0.29) is 6.61 Å². The fourth-order valence-electron chi connectivity index (χ4n) is 2.31. The van der Waals surface area contributed by atoms with Crippen LogP contribution in [0.4, 0.5) is 0 Å². The summed E-state index contributed by atoms with van der Waals surface area (Å²) in [5.74, 6) is 0. The Morgan fingerprint density at radius 1 is 1.44 bits per heavy atom. The van der Waals surface area contributed by atoms with Crippen molar-refractivity contribution in [3.8, 4) is 0 Å².